The Hall–Kier alpha value is -1.42. The summed E-state index contributed by atoms with van der Waals surface area (Å²) in [4.78, 5) is 26.3. The van der Waals surface area contributed by atoms with E-state index in [1.807, 2.05) is 6.92 Å². The van der Waals surface area contributed by atoms with Crippen LogP contribution in [0.1, 0.15) is 86.5 Å². The van der Waals surface area contributed by atoms with Gasteiger partial charge in [0.25, 0.3) is 0 Å². The molecule has 32 heavy (non-hydrogen) atoms. The van der Waals surface area contributed by atoms with Gasteiger partial charge in [-0.3, -0.25) is 9.59 Å². The normalized spacial score (nSPS) is 50.1. The first-order valence-corrected chi connectivity index (χ1v) is 12.6. The van der Waals surface area contributed by atoms with Crippen molar-refractivity contribution < 1.29 is 19.8 Å². The van der Waals surface area contributed by atoms with Crippen LogP contribution in [0.2, 0.25) is 0 Å². The van der Waals surface area contributed by atoms with Crippen molar-refractivity contribution in [3.63, 3.8) is 0 Å². The monoisotopic (exact) mass is 440 g/mol. The Morgan fingerprint density at radius 3 is 2.38 bits per heavy atom. The van der Waals surface area contributed by atoms with Gasteiger partial charge in [0, 0.05) is 17.8 Å². The summed E-state index contributed by atoms with van der Waals surface area (Å²) in [6, 6.07) is 0. The van der Waals surface area contributed by atoms with Crippen molar-refractivity contribution in [2.24, 2.45) is 45.3 Å². The molecule has 0 unspecified atom stereocenters. The van der Waals surface area contributed by atoms with Crippen molar-refractivity contribution in [3.8, 4) is 0 Å². The third kappa shape index (κ3) is 2.54. The lowest BCUT2D eigenvalue weighted by Crippen LogP contribution is -2.67. The van der Waals surface area contributed by atoms with Crippen molar-refractivity contribution in [2.75, 3.05) is 0 Å². The third-order valence-electron chi connectivity index (χ3n) is 11.3. The minimum Gasteiger partial charge on any atom is -0.504 e. The molecule has 3 fully saturated rings. The van der Waals surface area contributed by atoms with Gasteiger partial charge < -0.3 is 10.2 Å². The lowest BCUT2D eigenvalue weighted by molar-refractivity contribution is -0.183. The number of carbonyl (C=O) groups is 2. The average molecular weight is 441 g/mol. The van der Waals surface area contributed by atoms with E-state index in [2.05, 4.69) is 40.7 Å². The molecule has 5 aliphatic rings. The quantitative estimate of drug-likeness (QED) is 0.484. The minimum atomic E-state index is -0.978. The number of hydrogen-bond donors (Lipinski definition) is 2. The number of carbonyl (C=O) groups excluding carboxylic acids is 2. The topological polar surface area (TPSA) is 74.6 Å². The van der Waals surface area contributed by atoms with Crippen molar-refractivity contribution in [2.45, 2.75) is 92.6 Å². The van der Waals surface area contributed by atoms with Crippen LogP contribution in [-0.4, -0.2) is 27.9 Å². The molecule has 4 nitrogen and oxygen atoms in total. The number of aliphatic hydroxyl groups is 2. The molecule has 0 aromatic rings. The predicted molar refractivity (Wildman–Crippen MR) is 124 cm³/mol. The van der Waals surface area contributed by atoms with Crippen LogP contribution in [-0.2, 0) is 9.59 Å². The largest absolute Gasteiger partial charge is 0.504 e. The van der Waals surface area contributed by atoms with Crippen molar-refractivity contribution in [3.05, 3.63) is 23.0 Å². The molecule has 2 N–H and O–H groups in total. The number of ketones is 2. The first-order valence-electron chi connectivity index (χ1n) is 12.6. The van der Waals surface area contributed by atoms with Gasteiger partial charge in [-0.2, -0.15) is 0 Å². The Labute approximate surface area is 192 Å². The fourth-order valence-electron chi connectivity index (χ4n) is 9.38. The third-order valence-corrected chi connectivity index (χ3v) is 11.3. The van der Waals surface area contributed by atoms with Crippen LogP contribution >= 0.6 is 0 Å². The molecule has 0 spiro atoms. The summed E-state index contributed by atoms with van der Waals surface area (Å²) in [6.07, 6.45) is 7.33. The number of aliphatic hydroxyl groups excluding tert-OH is 2. The molecule has 176 valence electrons. The Kier molecular flexibility index (Phi) is 4.60. The van der Waals surface area contributed by atoms with E-state index in [1.54, 1.807) is 0 Å². The van der Waals surface area contributed by atoms with E-state index in [9.17, 15) is 19.8 Å². The minimum absolute atomic E-state index is 0.0329. The summed E-state index contributed by atoms with van der Waals surface area (Å²) in [5.41, 5.74) is 1.23. The molecule has 0 bridgehead atoms. The Morgan fingerprint density at radius 1 is 1.00 bits per heavy atom. The summed E-state index contributed by atoms with van der Waals surface area (Å²) in [6.45, 7) is 13.2. The van der Waals surface area contributed by atoms with Gasteiger partial charge in [-0.1, -0.05) is 46.3 Å². The lowest BCUT2D eigenvalue weighted by Gasteiger charge is -2.68. The SMILES string of the molecule is CC1=C(O)C(=O)C[C@]2(C)[C@H]3CC=C4[C@@H]5CC(C)(C)CC[C@@H]5C(=O)[C@H](O)[C@@]4(C)[C@]3(C)CC[C@@H]12. The van der Waals surface area contributed by atoms with Crippen LogP contribution in [0.3, 0.4) is 0 Å². The zero-order valence-corrected chi connectivity index (χ0v) is 20.6. The highest BCUT2D eigenvalue weighted by atomic mass is 16.3. The van der Waals surface area contributed by atoms with Gasteiger partial charge in [-0.25, -0.2) is 0 Å². The van der Waals surface area contributed by atoms with Crippen LogP contribution in [0.5, 0.6) is 0 Å². The average Bonchev–Trinajstić information content (AvgIpc) is 2.70. The second-order valence-corrected chi connectivity index (χ2v) is 13.2. The van der Waals surface area contributed by atoms with E-state index in [4.69, 9.17) is 0 Å². The number of rotatable bonds is 0. The maximum atomic E-state index is 13.6. The molecule has 0 amide bonds. The second-order valence-electron chi connectivity index (χ2n) is 13.2. The summed E-state index contributed by atoms with van der Waals surface area (Å²) in [7, 11) is 0. The molecule has 8 atom stereocenters. The van der Waals surface area contributed by atoms with Gasteiger partial charge in [0.15, 0.2) is 17.3 Å². The molecule has 0 aromatic carbocycles. The smallest absolute Gasteiger partial charge is 0.197 e. The first kappa shape index (κ1) is 22.4. The zero-order chi connectivity index (χ0) is 23.4. The van der Waals surface area contributed by atoms with E-state index in [0.29, 0.717) is 6.42 Å². The number of allylic oxidation sites excluding steroid dienone is 3. The number of fused-ring (bicyclic) bond motifs is 7. The molecular weight excluding hydrogens is 400 g/mol. The molecule has 0 aliphatic heterocycles. The maximum absolute atomic E-state index is 13.6. The molecule has 0 aromatic heterocycles. The highest BCUT2D eigenvalue weighted by Gasteiger charge is 2.69. The fraction of sp³-hybridized carbons (Fsp3) is 0.786. The Bertz CT molecular complexity index is 956. The summed E-state index contributed by atoms with van der Waals surface area (Å²) < 4.78 is 0. The highest BCUT2D eigenvalue weighted by molar-refractivity contribution is 5.95. The highest BCUT2D eigenvalue weighted by Crippen LogP contribution is 2.72. The number of hydrogen-bond acceptors (Lipinski definition) is 4. The zero-order valence-electron chi connectivity index (χ0n) is 20.6. The molecule has 0 radical (unpaired) electrons. The van der Waals surface area contributed by atoms with Gasteiger partial charge >= 0.3 is 0 Å². The lowest BCUT2D eigenvalue weighted by atomic mass is 9.35. The van der Waals surface area contributed by atoms with Crippen molar-refractivity contribution >= 4 is 11.6 Å². The summed E-state index contributed by atoms with van der Waals surface area (Å²) >= 11 is 0. The molecule has 4 heteroatoms. The van der Waals surface area contributed by atoms with Gasteiger partial charge in [0.2, 0.25) is 0 Å². The van der Waals surface area contributed by atoms with Gasteiger partial charge in [-0.05, 0) is 85.0 Å². The molecular formula is C28H40O4. The van der Waals surface area contributed by atoms with E-state index in [1.165, 1.54) is 5.57 Å². The summed E-state index contributed by atoms with van der Waals surface area (Å²) in [5.74, 6) is 0.395. The molecule has 5 rings (SSSR count). The van der Waals surface area contributed by atoms with E-state index in [-0.39, 0.29) is 57.2 Å². The predicted octanol–water partition coefficient (Wildman–Crippen LogP) is 5.55. The summed E-state index contributed by atoms with van der Waals surface area (Å²) in [5, 5.41) is 22.0. The van der Waals surface area contributed by atoms with Crippen LogP contribution in [0.4, 0.5) is 0 Å². The second kappa shape index (κ2) is 6.58. The first-order chi connectivity index (χ1) is 14.8. The van der Waals surface area contributed by atoms with Crippen LogP contribution < -0.4 is 0 Å². The van der Waals surface area contributed by atoms with Gasteiger partial charge in [0.1, 0.15) is 6.10 Å². The Morgan fingerprint density at radius 2 is 1.69 bits per heavy atom. The van der Waals surface area contributed by atoms with Crippen LogP contribution in [0, 0.1) is 45.3 Å². The van der Waals surface area contributed by atoms with E-state index < -0.39 is 11.5 Å². The van der Waals surface area contributed by atoms with E-state index >= 15 is 0 Å². The van der Waals surface area contributed by atoms with Crippen LogP contribution in [0.25, 0.3) is 0 Å². The molecule has 0 heterocycles. The standard InChI is InChI=1S/C28H40O4/c1-15-18-10-12-27(5)21(26(18,4)14-20(29)22(15)30)8-7-19-17-13-25(2,3)11-9-16(17)23(31)24(32)28(19,27)6/h7,16-18,21,24,30,32H,8-14H2,1-6H3/t16-,17+,18-,21+,24-,26-,27+,28-/m0/s1. The number of Topliss-reactive ketones (excluding diaryl/α,β-unsaturated/α-hetero) is 2. The maximum Gasteiger partial charge on any atom is 0.197 e. The van der Waals surface area contributed by atoms with Crippen molar-refractivity contribution in [1.82, 2.24) is 0 Å². The molecule has 0 saturated heterocycles. The molecule has 3 saturated carbocycles. The fourth-order valence-corrected chi connectivity index (χ4v) is 9.38. The Balaban J connectivity index is 1.64. The van der Waals surface area contributed by atoms with Gasteiger partial charge in [-0.15, -0.1) is 0 Å². The van der Waals surface area contributed by atoms with Crippen molar-refractivity contribution in [1.29, 1.82) is 0 Å². The van der Waals surface area contributed by atoms with E-state index in [0.717, 1.165) is 44.1 Å². The van der Waals surface area contributed by atoms with Gasteiger partial charge in [0.05, 0.1) is 0 Å². The van der Waals surface area contributed by atoms with Crippen LogP contribution in [0.15, 0.2) is 23.0 Å². The molecule has 5 aliphatic carbocycles.